The van der Waals surface area contributed by atoms with Crippen LogP contribution in [0.3, 0.4) is 0 Å². The summed E-state index contributed by atoms with van der Waals surface area (Å²) < 4.78 is 7.73. The van der Waals surface area contributed by atoms with Crippen molar-refractivity contribution in [1.82, 2.24) is 14.9 Å². The van der Waals surface area contributed by atoms with Crippen molar-refractivity contribution in [3.05, 3.63) is 77.4 Å². The fourth-order valence-corrected chi connectivity index (χ4v) is 4.93. The summed E-state index contributed by atoms with van der Waals surface area (Å²) in [6.07, 6.45) is 1.84. The highest BCUT2D eigenvalue weighted by Gasteiger charge is 2.42. The van der Waals surface area contributed by atoms with Crippen molar-refractivity contribution in [3.63, 3.8) is 0 Å². The van der Waals surface area contributed by atoms with Crippen LogP contribution in [0.25, 0.3) is 0 Å². The lowest BCUT2D eigenvalue weighted by molar-refractivity contribution is 0.415. The summed E-state index contributed by atoms with van der Waals surface area (Å²) in [5, 5.41) is 4.24. The zero-order valence-electron chi connectivity index (χ0n) is 18.1. The van der Waals surface area contributed by atoms with Crippen molar-refractivity contribution < 1.29 is 4.74 Å². The first-order valence-electron chi connectivity index (χ1n) is 10.3. The van der Waals surface area contributed by atoms with Crippen molar-refractivity contribution in [3.8, 4) is 5.75 Å². The molecule has 156 valence electrons. The number of methoxy groups -OCH3 is 1. The van der Waals surface area contributed by atoms with Gasteiger partial charge in [-0.05, 0) is 87.9 Å². The Hall–Kier alpha value is -2.86. The third-order valence-electron chi connectivity index (χ3n) is 5.81. The fraction of sp³-hybridized carbons (Fsp3) is 0.333. The van der Waals surface area contributed by atoms with Crippen LogP contribution in [-0.4, -0.2) is 21.8 Å². The minimum atomic E-state index is -0.0399. The first-order chi connectivity index (χ1) is 14.4. The van der Waals surface area contributed by atoms with Gasteiger partial charge in [0.1, 0.15) is 5.75 Å². The molecule has 0 unspecified atom stereocenters. The lowest BCUT2D eigenvalue weighted by Crippen LogP contribution is -2.29. The van der Waals surface area contributed by atoms with Crippen LogP contribution in [0.2, 0.25) is 0 Å². The van der Waals surface area contributed by atoms with E-state index in [1.54, 1.807) is 7.11 Å². The fourth-order valence-electron chi connectivity index (χ4n) is 4.59. The Morgan fingerprint density at radius 2 is 1.83 bits per heavy atom. The van der Waals surface area contributed by atoms with Gasteiger partial charge in [0.2, 0.25) is 0 Å². The molecule has 30 heavy (non-hydrogen) atoms. The molecule has 0 radical (unpaired) electrons. The van der Waals surface area contributed by atoms with Crippen LogP contribution in [0.15, 0.2) is 54.7 Å². The molecule has 5 nitrogen and oxygen atoms in total. The van der Waals surface area contributed by atoms with E-state index in [9.17, 15) is 0 Å². The van der Waals surface area contributed by atoms with Gasteiger partial charge in [-0.2, -0.15) is 0 Å². The number of rotatable bonds is 5. The van der Waals surface area contributed by atoms with E-state index in [2.05, 4.69) is 71.7 Å². The summed E-state index contributed by atoms with van der Waals surface area (Å²) in [5.41, 5.74) is 5.80. The van der Waals surface area contributed by atoms with Crippen molar-refractivity contribution in [2.45, 2.75) is 45.8 Å². The molecule has 1 aliphatic heterocycles. The second-order valence-corrected chi connectivity index (χ2v) is 8.37. The van der Waals surface area contributed by atoms with Gasteiger partial charge < -0.3 is 19.5 Å². The number of pyridine rings is 1. The Morgan fingerprint density at radius 3 is 2.40 bits per heavy atom. The summed E-state index contributed by atoms with van der Waals surface area (Å²) in [7, 11) is 1.68. The Kier molecular flexibility index (Phi) is 5.52. The summed E-state index contributed by atoms with van der Waals surface area (Å²) >= 11 is 5.82. The molecule has 0 aliphatic carbocycles. The quantitative estimate of drug-likeness (QED) is 0.570. The zero-order chi connectivity index (χ0) is 21.4. The molecule has 2 atom stereocenters. The number of ether oxygens (including phenoxy) is 1. The van der Waals surface area contributed by atoms with Crippen LogP contribution < -0.4 is 15.0 Å². The predicted molar refractivity (Wildman–Crippen MR) is 125 cm³/mol. The number of aromatic nitrogens is 2. The van der Waals surface area contributed by atoms with E-state index < -0.39 is 0 Å². The van der Waals surface area contributed by atoms with Gasteiger partial charge in [-0.3, -0.25) is 4.98 Å². The standard InChI is InChI=1S/C24H28N4OS/c1-15(2)27-16(3)14-20(17(27)4)23-22(21-8-6-7-13-25-21)26-24(30)28(23)18-9-11-19(29-5)12-10-18/h6-15,22-23H,1-5H3,(H,26,30)/t22-,23-/m0/s1. The molecular formula is C24H28N4OS. The highest BCUT2D eigenvalue weighted by Crippen LogP contribution is 2.43. The second-order valence-electron chi connectivity index (χ2n) is 7.98. The lowest BCUT2D eigenvalue weighted by atomic mass is 9.96. The summed E-state index contributed by atoms with van der Waals surface area (Å²) in [6.45, 7) is 8.81. The van der Waals surface area contributed by atoms with E-state index in [0.29, 0.717) is 11.2 Å². The molecule has 0 bridgehead atoms. The molecule has 0 amide bonds. The number of anilines is 1. The molecule has 1 aliphatic rings. The average molecular weight is 421 g/mol. The average Bonchev–Trinajstić information content (AvgIpc) is 3.24. The maximum Gasteiger partial charge on any atom is 0.174 e. The van der Waals surface area contributed by atoms with E-state index in [0.717, 1.165) is 17.1 Å². The Bertz CT molecular complexity index is 1040. The van der Waals surface area contributed by atoms with E-state index in [4.69, 9.17) is 17.0 Å². The molecule has 6 heteroatoms. The summed E-state index contributed by atoms with van der Waals surface area (Å²) in [6, 6.07) is 16.7. The van der Waals surface area contributed by atoms with Gasteiger partial charge >= 0.3 is 0 Å². The molecular weight excluding hydrogens is 392 g/mol. The van der Waals surface area contributed by atoms with Crippen LogP contribution in [0.1, 0.15) is 54.6 Å². The second kappa shape index (κ2) is 8.11. The molecule has 1 N–H and O–H groups in total. The molecule has 1 aromatic carbocycles. The van der Waals surface area contributed by atoms with E-state index in [-0.39, 0.29) is 12.1 Å². The normalized spacial score (nSPS) is 18.7. The van der Waals surface area contributed by atoms with E-state index >= 15 is 0 Å². The van der Waals surface area contributed by atoms with Gasteiger partial charge in [-0.1, -0.05) is 6.07 Å². The molecule has 1 fully saturated rings. The predicted octanol–water partition coefficient (Wildman–Crippen LogP) is 5.27. The van der Waals surface area contributed by atoms with Crippen LogP contribution in [0.4, 0.5) is 5.69 Å². The van der Waals surface area contributed by atoms with Crippen molar-refractivity contribution in [2.75, 3.05) is 12.0 Å². The molecule has 0 saturated carbocycles. The molecule has 0 spiro atoms. The maximum absolute atomic E-state index is 5.82. The first kappa shape index (κ1) is 20.4. The van der Waals surface area contributed by atoms with Crippen molar-refractivity contribution in [1.29, 1.82) is 0 Å². The Labute approximate surface area is 183 Å². The van der Waals surface area contributed by atoms with Crippen LogP contribution in [0.5, 0.6) is 5.75 Å². The lowest BCUT2D eigenvalue weighted by Gasteiger charge is -2.28. The highest BCUT2D eigenvalue weighted by atomic mass is 32.1. The molecule has 3 aromatic rings. The van der Waals surface area contributed by atoms with Crippen LogP contribution in [0, 0.1) is 13.8 Å². The largest absolute Gasteiger partial charge is 0.497 e. The van der Waals surface area contributed by atoms with E-state index in [1.165, 1.54) is 17.0 Å². The number of hydrogen-bond donors (Lipinski definition) is 1. The molecule has 3 heterocycles. The van der Waals surface area contributed by atoms with Gasteiger partial charge in [0.15, 0.2) is 5.11 Å². The van der Waals surface area contributed by atoms with Crippen molar-refractivity contribution in [2.24, 2.45) is 0 Å². The zero-order valence-corrected chi connectivity index (χ0v) is 18.9. The Balaban J connectivity index is 1.87. The van der Waals surface area contributed by atoms with Crippen molar-refractivity contribution >= 4 is 23.0 Å². The van der Waals surface area contributed by atoms with E-state index in [1.807, 2.05) is 30.5 Å². The number of nitrogens with one attached hydrogen (secondary N) is 1. The van der Waals surface area contributed by atoms with Gasteiger partial charge in [0.05, 0.1) is 24.9 Å². The van der Waals surface area contributed by atoms with Gasteiger partial charge in [0.25, 0.3) is 0 Å². The first-order valence-corrected chi connectivity index (χ1v) is 10.7. The Morgan fingerprint density at radius 1 is 1.10 bits per heavy atom. The van der Waals surface area contributed by atoms with Gasteiger partial charge in [0, 0.05) is 29.3 Å². The summed E-state index contributed by atoms with van der Waals surface area (Å²) in [5.74, 6) is 0.827. The summed E-state index contributed by atoms with van der Waals surface area (Å²) in [4.78, 5) is 6.85. The SMILES string of the molecule is COc1ccc(N2C(=S)N[C@@H](c3ccccn3)[C@@H]2c2cc(C)n(C(C)C)c2C)cc1. The number of benzene rings is 1. The third kappa shape index (κ3) is 3.45. The van der Waals surface area contributed by atoms with Crippen LogP contribution >= 0.6 is 12.2 Å². The topological polar surface area (TPSA) is 42.3 Å². The smallest absolute Gasteiger partial charge is 0.174 e. The van der Waals surface area contributed by atoms with Gasteiger partial charge in [-0.15, -0.1) is 0 Å². The minimum Gasteiger partial charge on any atom is -0.497 e. The highest BCUT2D eigenvalue weighted by molar-refractivity contribution is 7.80. The minimum absolute atomic E-state index is 0.000468. The number of thiocarbonyl (C=S) groups is 1. The maximum atomic E-state index is 5.82. The molecule has 1 saturated heterocycles. The van der Waals surface area contributed by atoms with Gasteiger partial charge in [-0.25, -0.2) is 0 Å². The molecule has 4 rings (SSSR count). The number of nitrogens with zero attached hydrogens (tertiary/aromatic N) is 3. The van der Waals surface area contributed by atoms with Crippen LogP contribution in [-0.2, 0) is 0 Å². The monoisotopic (exact) mass is 420 g/mol. The number of aryl methyl sites for hydroxylation is 1. The number of hydrogen-bond acceptors (Lipinski definition) is 3. The molecule has 2 aromatic heterocycles. The third-order valence-corrected chi connectivity index (χ3v) is 6.12.